The van der Waals surface area contributed by atoms with Crippen LogP contribution < -0.4 is 10.2 Å². The van der Waals surface area contributed by atoms with Gasteiger partial charge >= 0.3 is 0 Å². The molecule has 0 spiro atoms. The van der Waals surface area contributed by atoms with Gasteiger partial charge in [0.15, 0.2) is 5.78 Å². The van der Waals surface area contributed by atoms with Crippen molar-refractivity contribution in [3.05, 3.63) is 59.2 Å². The van der Waals surface area contributed by atoms with Gasteiger partial charge in [-0.2, -0.15) is 0 Å². The predicted octanol–water partition coefficient (Wildman–Crippen LogP) is 3.66. The number of amides is 1. The summed E-state index contributed by atoms with van der Waals surface area (Å²) in [6.45, 7) is 11.3. The average Bonchev–Trinajstić information content (AvgIpc) is 2.70. The van der Waals surface area contributed by atoms with E-state index in [1.807, 2.05) is 13.0 Å². The van der Waals surface area contributed by atoms with E-state index in [0.717, 1.165) is 26.2 Å². The number of nitrogens with one attached hydrogen (secondary N) is 1. The Morgan fingerprint density at radius 2 is 1.68 bits per heavy atom. The molecule has 0 aromatic heterocycles. The summed E-state index contributed by atoms with van der Waals surface area (Å²) in [5.41, 5.74) is 5.19. The summed E-state index contributed by atoms with van der Waals surface area (Å²) in [5.74, 6) is -0.0485. The summed E-state index contributed by atoms with van der Waals surface area (Å²) in [7, 11) is 0. The van der Waals surface area contributed by atoms with Crippen molar-refractivity contribution in [2.45, 2.75) is 33.7 Å². The van der Waals surface area contributed by atoms with Gasteiger partial charge in [-0.1, -0.05) is 24.3 Å². The Labute approximate surface area is 167 Å². The molecular formula is C23H29N3O2. The van der Waals surface area contributed by atoms with Gasteiger partial charge in [0, 0.05) is 43.1 Å². The highest BCUT2D eigenvalue weighted by atomic mass is 16.2. The highest BCUT2D eigenvalue weighted by molar-refractivity contribution is 5.98. The summed E-state index contributed by atoms with van der Waals surface area (Å²) in [4.78, 5) is 28.8. The standard InChI is InChI=1S/C23H29N3O2/c1-16-7-5-10-22(17(16)2)26-13-11-25(12-14-26)18(3)23(28)24-21-9-6-8-20(15-21)19(4)27/h5-10,15,18H,11-14H2,1-4H3,(H,24,28)/t18-/m1/s1. The quantitative estimate of drug-likeness (QED) is 0.806. The Balaban J connectivity index is 1.59. The SMILES string of the molecule is CC(=O)c1cccc(NC(=O)[C@@H](C)N2CCN(c3cccc(C)c3C)CC2)c1. The lowest BCUT2D eigenvalue weighted by molar-refractivity contribution is -0.120. The van der Waals surface area contributed by atoms with E-state index in [0.29, 0.717) is 11.3 Å². The zero-order chi connectivity index (χ0) is 20.3. The summed E-state index contributed by atoms with van der Waals surface area (Å²) in [6, 6.07) is 13.3. The molecule has 1 amide bonds. The van der Waals surface area contributed by atoms with Gasteiger partial charge in [0.1, 0.15) is 0 Å². The van der Waals surface area contributed by atoms with Gasteiger partial charge in [-0.05, 0) is 57.0 Å². The molecule has 0 unspecified atom stereocenters. The van der Waals surface area contributed by atoms with Crippen molar-refractivity contribution >= 4 is 23.1 Å². The monoisotopic (exact) mass is 379 g/mol. The van der Waals surface area contributed by atoms with Crippen molar-refractivity contribution in [3.63, 3.8) is 0 Å². The molecule has 5 heteroatoms. The van der Waals surface area contributed by atoms with E-state index < -0.39 is 0 Å². The minimum atomic E-state index is -0.221. The minimum Gasteiger partial charge on any atom is -0.369 e. The van der Waals surface area contributed by atoms with E-state index in [-0.39, 0.29) is 17.7 Å². The Kier molecular flexibility index (Phi) is 6.15. The second kappa shape index (κ2) is 8.57. The third-order valence-corrected chi connectivity index (χ3v) is 5.69. The fourth-order valence-electron chi connectivity index (χ4n) is 3.66. The van der Waals surface area contributed by atoms with Crippen molar-refractivity contribution in [2.24, 2.45) is 0 Å². The lowest BCUT2D eigenvalue weighted by Crippen LogP contribution is -2.53. The van der Waals surface area contributed by atoms with Crippen LogP contribution >= 0.6 is 0 Å². The maximum atomic E-state index is 12.7. The number of rotatable bonds is 5. The molecule has 2 aromatic rings. The summed E-state index contributed by atoms with van der Waals surface area (Å²) >= 11 is 0. The first-order valence-corrected chi connectivity index (χ1v) is 9.84. The first kappa shape index (κ1) is 20.1. The summed E-state index contributed by atoms with van der Waals surface area (Å²) in [5, 5.41) is 2.95. The van der Waals surface area contributed by atoms with Crippen LogP contribution in [0.4, 0.5) is 11.4 Å². The summed E-state index contributed by atoms with van der Waals surface area (Å²) in [6.07, 6.45) is 0. The maximum absolute atomic E-state index is 12.7. The number of aryl methyl sites for hydroxylation is 1. The molecule has 2 aromatic carbocycles. The minimum absolute atomic E-state index is 0.00767. The molecule has 28 heavy (non-hydrogen) atoms. The Morgan fingerprint density at radius 3 is 2.36 bits per heavy atom. The zero-order valence-electron chi connectivity index (χ0n) is 17.2. The first-order chi connectivity index (χ1) is 13.4. The molecule has 1 fully saturated rings. The van der Waals surface area contributed by atoms with Gasteiger partial charge in [-0.3, -0.25) is 14.5 Å². The fraction of sp³-hybridized carbons (Fsp3) is 0.391. The number of piperazine rings is 1. The van der Waals surface area contributed by atoms with Gasteiger partial charge in [0.2, 0.25) is 5.91 Å². The second-order valence-corrected chi connectivity index (χ2v) is 7.54. The largest absolute Gasteiger partial charge is 0.369 e. The highest BCUT2D eigenvalue weighted by Crippen LogP contribution is 2.24. The number of anilines is 2. The molecule has 1 saturated heterocycles. The lowest BCUT2D eigenvalue weighted by atomic mass is 10.1. The van der Waals surface area contributed by atoms with Crippen molar-refractivity contribution in [3.8, 4) is 0 Å². The number of hydrogen-bond acceptors (Lipinski definition) is 4. The van der Waals surface area contributed by atoms with Gasteiger partial charge in [-0.25, -0.2) is 0 Å². The molecule has 0 aliphatic carbocycles. The van der Waals surface area contributed by atoms with Crippen LogP contribution in [-0.2, 0) is 4.79 Å². The first-order valence-electron chi connectivity index (χ1n) is 9.84. The van der Waals surface area contributed by atoms with Crippen LogP contribution in [0.15, 0.2) is 42.5 Å². The topological polar surface area (TPSA) is 52.7 Å². The van der Waals surface area contributed by atoms with Crippen molar-refractivity contribution in [1.29, 1.82) is 0 Å². The average molecular weight is 380 g/mol. The third-order valence-electron chi connectivity index (χ3n) is 5.69. The maximum Gasteiger partial charge on any atom is 0.241 e. The molecule has 0 bridgehead atoms. The Hall–Kier alpha value is -2.66. The second-order valence-electron chi connectivity index (χ2n) is 7.54. The van der Waals surface area contributed by atoms with Crippen LogP contribution in [0.25, 0.3) is 0 Å². The number of benzene rings is 2. The van der Waals surface area contributed by atoms with Gasteiger partial charge in [0.05, 0.1) is 6.04 Å². The third kappa shape index (κ3) is 4.42. The number of nitrogens with zero attached hydrogens (tertiary/aromatic N) is 2. The number of carbonyl (C=O) groups excluding carboxylic acids is 2. The summed E-state index contributed by atoms with van der Waals surface area (Å²) < 4.78 is 0. The van der Waals surface area contributed by atoms with Crippen LogP contribution in [0.5, 0.6) is 0 Å². The van der Waals surface area contributed by atoms with Crippen LogP contribution in [-0.4, -0.2) is 48.8 Å². The Bertz CT molecular complexity index is 870. The Morgan fingerprint density at radius 1 is 1.00 bits per heavy atom. The van der Waals surface area contributed by atoms with Crippen LogP contribution in [0.3, 0.4) is 0 Å². The van der Waals surface area contributed by atoms with E-state index in [1.54, 1.807) is 18.2 Å². The van der Waals surface area contributed by atoms with E-state index in [2.05, 4.69) is 47.2 Å². The molecular weight excluding hydrogens is 350 g/mol. The van der Waals surface area contributed by atoms with Crippen molar-refractivity contribution in [2.75, 3.05) is 36.4 Å². The highest BCUT2D eigenvalue weighted by Gasteiger charge is 2.26. The lowest BCUT2D eigenvalue weighted by Gasteiger charge is -2.39. The van der Waals surface area contributed by atoms with E-state index in [1.165, 1.54) is 23.7 Å². The number of ketones is 1. The predicted molar refractivity (Wildman–Crippen MR) is 114 cm³/mol. The molecule has 3 rings (SSSR count). The molecule has 1 N–H and O–H groups in total. The van der Waals surface area contributed by atoms with Gasteiger partial charge in [-0.15, -0.1) is 0 Å². The van der Waals surface area contributed by atoms with E-state index >= 15 is 0 Å². The molecule has 0 saturated carbocycles. The fourth-order valence-corrected chi connectivity index (χ4v) is 3.66. The molecule has 148 valence electrons. The van der Waals surface area contributed by atoms with Crippen molar-refractivity contribution < 1.29 is 9.59 Å². The van der Waals surface area contributed by atoms with Crippen LogP contribution in [0, 0.1) is 13.8 Å². The molecule has 1 heterocycles. The normalized spacial score (nSPS) is 15.9. The molecule has 5 nitrogen and oxygen atoms in total. The molecule has 1 atom stereocenters. The van der Waals surface area contributed by atoms with Gasteiger partial charge in [0.25, 0.3) is 0 Å². The van der Waals surface area contributed by atoms with Gasteiger partial charge < -0.3 is 10.2 Å². The number of carbonyl (C=O) groups is 2. The number of Topliss-reactive ketones (excluding diaryl/α,β-unsaturated/α-hetero) is 1. The molecule has 1 aliphatic heterocycles. The number of hydrogen-bond donors (Lipinski definition) is 1. The van der Waals surface area contributed by atoms with Crippen LogP contribution in [0.2, 0.25) is 0 Å². The zero-order valence-corrected chi connectivity index (χ0v) is 17.2. The smallest absolute Gasteiger partial charge is 0.241 e. The van der Waals surface area contributed by atoms with Crippen LogP contribution in [0.1, 0.15) is 35.3 Å². The van der Waals surface area contributed by atoms with Crippen molar-refractivity contribution in [1.82, 2.24) is 4.90 Å². The van der Waals surface area contributed by atoms with E-state index in [9.17, 15) is 9.59 Å². The molecule has 0 radical (unpaired) electrons. The molecule has 1 aliphatic rings. The van der Waals surface area contributed by atoms with E-state index in [4.69, 9.17) is 0 Å².